The number of nitrogens with one attached hydrogen (secondary N) is 6. The van der Waals surface area contributed by atoms with Gasteiger partial charge in [-0.15, -0.1) is 0 Å². The van der Waals surface area contributed by atoms with Crippen molar-refractivity contribution >= 4 is 47.2 Å². The lowest BCUT2D eigenvalue weighted by Crippen LogP contribution is -2.62. The van der Waals surface area contributed by atoms with Crippen LogP contribution >= 0.6 is 0 Å². The Kier molecular flexibility index (Phi) is 14.0. The summed E-state index contributed by atoms with van der Waals surface area (Å²) in [7, 11) is 0. The van der Waals surface area contributed by atoms with Crippen LogP contribution in [0.15, 0.2) is 59.6 Å². The van der Waals surface area contributed by atoms with Gasteiger partial charge in [-0.05, 0) is 61.9 Å². The summed E-state index contributed by atoms with van der Waals surface area (Å²) in [5, 5.41) is 20.7. The van der Waals surface area contributed by atoms with Crippen molar-refractivity contribution in [2.45, 2.75) is 63.3 Å². The Hall–Kier alpha value is -5.67. The summed E-state index contributed by atoms with van der Waals surface area (Å²) in [5.41, 5.74) is 17.9. The van der Waals surface area contributed by atoms with Crippen molar-refractivity contribution in [2.24, 2.45) is 22.2 Å². The fourth-order valence-corrected chi connectivity index (χ4v) is 4.64. The van der Waals surface area contributed by atoms with Gasteiger partial charge in [0.1, 0.15) is 30.6 Å². The van der Waals surface area contributed by atoms with Crippen LogP contribution in [0.25, 0.3) is 0 Å². The molecular weight excluding hydrogens is 608 g/mol. The minimum absolute atomic E-state index is 0.0474. The fraction of sp³-hybridized carbons (Fsp3) is 0.387. The van der Waals surface area contributed by atoms with Crippen LogP contribution in [0.4, 0.5) is 10.5 Å². The highest BCUT2D eigenvalue weighted by Gasteiger charge is 2.34. The van der Waals surface area contributed by atoms with Crippen molar-refractivity contribution in [1.82, 2.24) is 21.3 Å². The van der Waals surface area contributed by atoms with Crippen molar-refractivity contribution < 1.29 is 28.7 Å². The molecule has 1 fully saturated rings. The third-order valence-electron chi connectivity index (χ3n) is 7.12. The number of alkyl carbamates (subject to hydrolysis) is 1. The molecule has 3 atom stereocenters. The molecule has 5 amide bonds. The Morgan fingerprint density at radius 2 is 1.60 bits per heavy atom. The maximum atomic E-state index is 12.9. The minimum atomic E-state index is -1.02. The summed E-state index contributed by atoms with van der Waals surface area (Å²) in [4.78, 5) is 66.9. The highest BCUT2D eigenvalue weighted by Crippen LogP contribution is 2.12. The minimum Gasteiger partial charge on any atom is -0.445 e. The molecule has 1 saturated heterocycles. The second-order valence-corrected chi connectivity index (χ2v) is 10.9. The number of carbonyl (C=O) groups excluding carboxylic acids is 5. The largest absolute Gasteiger partial charge is 0.445 e. The average Bonchev–Trinajstić information content (AvgIpc) is 3.04. The predicted octanol–water partition coefficient (Wildman–Crippen LogP) is -0.0824. The van der Waals surface area contributed by atoms with Gasteiger partial charge in [0.15, 0.2) is 5.96 Å². The third-order valence-corrected chi connectivity index (χ3v) is 7.12. The molecule has 16 nitrogen and oxygen atoms in total. The summed E-state index contributed by atoms with van der Waals surface area (Å²) < 4.78 is 5.25. The molecule has 0 unspecified atom stereocenters. The Morgan fingerprint density at radius 3 is 2.28 bits per heavy atom. The van der Waals surface area contributed by atoms with E-state index in [0.29, 0.717) is 36.9 Å². The number of nitrogen functional groups attached to an aromatic ring is 1. The molecule has 3 rings (SSSR count). The number of ether oxygens (including phenoxy) is 1. The molecule has 0 aromatic heterocycles. The van der Waals surface area contributed by atoms with E-state index in [4.69, 9.17) is 27.3 Å². The Labute approximate surface area is 272 Å². The van der Waals surface area contributed by atoms with E-state index in [-0.39, 0.29) is 44.3 Å². The van der Waals surface area contributed by atoms with Gasteiger partial charge >= 0.3 is 6.09 Å². The van der Waals surface area contributed by atoms with E-state index in [1.165, 1.54) is 0 Å². The fourth-order valence-electron chi connectivity index (χ4n) is 4.64. The highest BCUT2D eigenvalue weighted by molar-refractivity contribution is 6.01. The monoisotopic (exact) mass is 650 g/mol. The number of aliphatic imine (C=N–C) groups is 1. The lowest BCUT2D eigenvalue weighted by molar-refractivity contribution is -0.138. The number of hydrogen-bond donors (Lipinski definition) is 9. The molecule has 0 spiro atoms. The molecule has 0 saturated carbocycles. The maximum Gasteiger partial charge on any atom is 0.408 e. The summed E-state index contributed by atoms with van der Waals surface area (Å²) in [5.74, 6) is -1.93. The van der Waals surface area contributed by atoms with Crippen LogP contribution in [0, 0.1) is 5.41 Å². The second-order valence-electron chi connectivity index (χ2n) is 10.9. The van der Waals surface area contributed by atoms with Crippen molar-refractivity contribution in [3.05, 3.63) is 65.7 Å². The number of nitrogens with zero attached hydrogens (tertiary/aromatic N) is 1. The van der Waals surface area contributed by atoms with Crippen molar-refractivity contribution in [3.8, 4) is 0 Å². The van der Waals surface area contributed by atoms with Crippen LogP contribution in [-0.2, 0) is 30.5 Å². The van der Waals surface area contributed by atoms with E-state index in [1.54, 1.807) is 24.3 Å². The van der Waals surface area contributed by atoms with Crippen LogP contribution < -0.4 is 43.8 Å². The number of amidine groups is 1. The van der Waals surface area contributed by atoms with E-state index in [9.17, 15) is 24.0 Å². The van der Waals surface area contributed by atoms with Crippen LogP contribution in [-0.4, -0.2) is 72.7 Å². The summed E-state index contributed by atoms with van der Waals surface area (Å²) in [6.07, 6.45) is 1.02. The number of unbranched alkanes of at least 4 members (excludes halogenated alkanes) is 1. The zero-order chi connectivity index (χ0) is 34.2. The molecule has 2 aromatic rings. The molecule has 1 aliphatic heterocycles. The standard InChI is InChI=1S/C31H42N10O6/c32-26(33)20-11-13-21(14-12-20)38-25(42)17-24-29(45)39-23(28(44)40-24)9-4-5-15-36-27(43)22(10-6-16-37-30(34)35)41-31(46)47-18-19-7-2-1-3-8-19/h1-3,7-8,11-14,22-24H,4-6,9-10,15-18H2,(H3,32,33)(H,36,43)(H,38,42)(H,39,45)(H,40,44)(H,41,46)(H4,34,35,37)/t22-,23-,24-/m0/s1. The maximum absolute atomic E-state index is 12.9. The van der Waals surface area contributed by atoms with E-state index >= 15 is 0 Å². The van der Waals surface area contributed by atoms with Gasteiger partial charge in [0.05, 0.1) is 6.42 Å². The van der Waals surface area contributed by atoms with Gasteiger partial charge in [-0.25, -0.2) is 4.79 Å². The normalized spacial score (nSPS) is 16.1. The Bertz CT molecular complexity index is 1430. The molecule has 47 heavy (non-hydrogen) atoms. The lowest BCUT2D eigenvalue weighted by Gasteiger charge is -2.29. The Balaban J connectivity index is 1.39. The van der Waals surface area contributed by atoms with Gasteiger partial charge < -0.3 is 48.5 Å². The molecule has 1 aliphatic rings. The highest BCUT2D eigenvalue weighted by atomic mass is 16.5. The van der Waals surface area contributed by atoms with Gasteiger partial charge in [-0.2, -0.15) is 0 Å². The molecule has 0 aliphatic carbocycles. The van der Waals surface area contributed by atoms with Crippen molar-refractivity contribution in [3.63, 3.8) is 0 Å². The molecule has 2 aromatic carbocycles. The van der Waals surface area contributed by atoms with Crippen LogP contribution in [0.5, 0.6) is 0 Å². The number of benzene rings is 2. The summed E-state index contributed by atoms with van der Waals surface area (Å²) in [6.45, 7) is 0.595. The zero-order valence-electron chi connectivity index (χ0n) is 25.9. The van der Waals surface area contributed by atoms with Crippen LogP contribution in [0.1, 0.15) is 49.7 Å². The number of piperazine rings is 1. The first-order valence-electron chi connectivity index (χ1n) is 15.2. The van der Waals surface area contributed by atoms with E-state index in [2.05, 4.69) is 31.6 Å². The van der Waals surface area contributed by atoms with E-state index < -0.39 is 47.8 Å². The first-order chi connectivity index (χ1) is 22.5. The number of amides is 5. The van der Waals surface area contributed by atoms with Crippen LogP contribution in [0.2, 0.25) is 0 Å². The predicted molar refractivity (Wildman–Crippen MR) is 175 cm³/mol. The van der Waals surface area contributed by atoms with Crippen molar-refractivity contribution in [1.29, 1.82) is 5.41 Å². The van der Waals surface area contributed by atoms with E-state index in [0.717, 1.165) is 5.56 Å². The smallest absolute Gasteiger partial charge is 0.408 e. The van der Waals surface area contributed by atoms with Crippen LogP contribution in [0.3, 0.4) is 0 Å². The molecule has 1 heterocycles. The zero-order valence-corrected chi connectivity index (χ0v) is 25.9. The Morgan fingerprint density at radius 1 is 0.915 bits per heavy atom. The first kappa shape index (κ1) is 35.8. The lowest BCUT2D eigenvalue weighted by atomic mass is 10.0. The number of carbonyl (C=O) groups is 5. The molecule has 16 heteroatoms. The molecule has 0 radical (unpaired) electrons. The second kappa shape index (κ2) is 18.3. The summed E-state index contributed by atoms with van der Waals surface area (Å²) >= 11 is 0. The topological polar surface area (TPSA) is 269 Å². The van der Waals surface area contributed by atoms with Gasteiger partial charge in [-0.1, -0.05) is 30.3 Å². The first-order valence-corrected chi connectivity index (χ1v) is 15.2. The number of anilines is 1. The van der Waals surface area contributed by atoms with Gasteiger partial charge in [0.2, 0.25) is 23.6 Å². The van der Waals surface area contributed by atoms with Gasteiger partial charge in [0, 0.05) is 24.3 Å². The quantitative estimate of drug-likeness (QED) is 0.0628. The average molecular weight is 651 g/mol. The summed E-state index contributed by atoms with van der Waals surface area (Å²) in [6, 6.07) is 12.8. The SMILES string of the molecule is N=C(N)c1ccc(NC(=O)C[C@@H]2NC(=O)[C@H](CCCCNC(=O)[C@H](CCCN=C(N)N)NC(=O)OCc3ccccc3)NC2=O)cc1. The van der Waals surface area contributed by atoms with E-state index in [1.807, 2.05) is 30.3 Å². The number of guanidine groups is 1. The van der Waals surface area contributed by atoms with Crippen molar-refractivity contribution in [2.75, 3.05) is 18.4 Å². The number of rotatable bonds is 17. The number of nitrogens with two attached hydrogens (primary N) is 3. The molecular formula is C31H42N10O6. The number of hydrogen-bond acceptors (Lipinski definition) is 8. The molecule has 0 bridgehead atoms. The molecule has 252 valence electrons. The third kappa shape index (κ3) is 12.7. The van der Waals surface area contributed by atoms with Gasteiger partial charge in [0.25, 0.3) is 0 Å². The molecule has 12 N–H and O–H groups in total. The van der Waals surface area contributed by atoms with Gasteiger partial charge in [-0.3, -0.25) is 29.6 Å².